The van der Waals surface area contributed by atoms with Gasteiger partial charge in [0.1, 0.15) is 0 Å². The number of nitrogens with one attached hydrogen (secondary N) is 2. The van der Waals surface area contributed by atoms with Crippen LogP contribution in [0, 0.1) is 11.8 Å². The Hall–Kier alpha value is -1.59. The van der Waals surface area contributed by atoms with Crippen LogP contribution >= 0.6 is 0 Å². The van der Waals surface area contributed by atoms with Crippen LogP contribution in [0.5, 0.6) is 0 Å². The highest BCUT2D eigenvalue weighted by Gasteiger charge is 2.24. The normalized spacial score (nSPS) is 27.6. The number of guanidine groups is 1. The van der Waals surface area contributed by atoms with Crippen molar-refractivity contribution in [2.75, 3.05) is 20.1 Å². The predicted molar refractivity (Wildman–Crippen MR) is 116 cm³/mol. The first-order valence-corrected chi connectivity index (χ1v) is 11.0. The van der Waals surface area contributed by atoms with Crippen LogP contribution in [-0.2, 0) is 13.1 Å². The van der Waals surface area contributed by atoms with E-state index >= 15 is 0 Å². The summed E-state index contributed by atoms with van der Waals surface area (Å²) in [6.07, 6.45) is 5.49. The quantitative estimate of drug-likeness (QED) is 0.537. The van der Waals surface area contributed by atoms with Crippen molar-refractivity contribution in [2.45, 2.75) is 71.2 Å². The molecule has 1 saturated heterocycles. The summed E-state index contributed by atoms with van der Waals surface area (Å²) in [6, 6.07) is 9.39. The molecule has 0 aromatic heterocycles. The highest BCUT2D eigenvalue weighted by molar-refractivity contribution is 5.79. The summed E-state index contributed by atoms with van der Waals surface area (Å²) in [5.74, 6) is 2.48. The average molecular weight is 387 g/mol. The molecule has 0 bridgehead atoms. The summed E-state index contributed by atoms with van der Waals surface area (Å²) < 4.78 is 0. The van der Waals surface area contributed by atoms with Crippen molar-refractivity contribution in [2.24, 2.45) is 16.8 Å². The van der Waals surface area contributed by atoms with Crippen LogP contribution in [0.25, 0.3) is 0 Å². The molecule has 3 N–H and O–H groups in total. The highest BCUT2D eigenvalue weighted by atomic mass is 16.3. The van der Waals surface area contributed by atoms with Crippen LogP contribution in [0.15, 0.2) is 29.3 Å². The lowest BCUT2D eigenvalue weighted by atomic mass is 9.80. The van der Waals surface area contributed by atoms with E-state index in [2.05, 4.69) is 58.6 Å². The van der Waals surface area contributed by atoms with Crippen LogP contribution in [0.1, 0.15) is 57.1 Å². The van der Waals surface area contributed by atoms with Gasteiger partial charge in [-0.3, -0.25) is 9.89 Å². The van der Waals surface area contributed by atoms with Crippen LogP contribution in [0.2, 0.25) is 0 Å². The van der Waals surface area contributed by atoms with Crippen molar-refractivity contribution in [1.29, 1.82) is 0 Å². The number of aliphatic hydroxyl groups is 1. The van der Waals surface area contributed by atoms with Gasteiger partial charge in [-0.2, -0.15) is 0 Å². The highest BCUT2D eigenvalue weighted by Crippen LogP contribution is 2.28. The smallest absolute Gasteiger partial charge is 0.191 e. The molecule has 5 heteroatoms. The zero-order chi connectivity index (χ0) is 19.9. The summed E-state index contributed by atoms with van der Waals surface area (Å²) in [7, 11) is 1.85. The zero-order valence-corrected chi connectivity index (χ0v) is 17.8. The second-order valence-electron chi connectivity index (χ2n) is 9.01. The molecule has 2 aliphatic rings. The Morgan fingerprint density at radius 1 is 1.04 bits per heavy atom. The minimum absolute atomic E-state index is 0.104. The van der Waals surface area contributed by atoms with Crippen LogP contribution in [0.3, 0.4) is 0 Å². The first kappa shape index (κ1) is 21.1. The number of piperidine rings is 1. The Bertz CT molecular complexity index is 612. The average Bonchev–Trinajstić information content (AvgIpc) is 2.67. The fraction of sp³-hybridized carbons (Fsp3) is 0.696. The third-order valence-electron chi connectivity index (χ3n) is 6.19. The minimum atomic E-state index is -0.104. The van der Waals surface area contributed by atoms with Gasteiger partial charge in [-0.15, -0.1) is 0 Å². The first-order chi connectivity index (χ1) is 13.5. The fourth-order valence-electron chi connectivity index (χ4n) is 4.74. The number of aliphatic imine (C=N–C) groups is 1. The maximum Gasteiger partial charge on any atom is 0.191 e. The molecule has 28 heavy (non-hydrogen) atoms. The van der Waals surface area contributed by atoms with E-state index in [0.29, 0.717) is 6.04 Å². The number of aliphatic hydroxyl groups excluding tert-OH is 1. The van der Waals surface area contributed by atoms with Gasteiger partial charge in [-0.25, -0.2) is 0 Å². The van der Waals surface area contributed by atoms with Gasteiger partial charge < -0.3 is 15.7 Å². The van der Waals surface area contributed by atoms with E-state index in [1.807, 2.05) is 7.05 Å². The van der Waals surface area contributed by atoms with E-state index in [0.717, 1.165) is 56.8 Å². The molecule has 1 aromatic rings. The predicted octanol–water partition coefficient (Wildman–Crippen LogP) is 3.13. The number of nitrogens with zero attached hydrogens (tertiary/aromatic N) is 2. The molecule has 1 aliphatic carbocycles. The van der Waals surface area contributed by atoms with E-state index in [9.17, 15) is 5.11 Å². The maximum atomic E-state index is 9.63. The Morgan fingerprint density at radius 2 is 1.64 bits per heavy atom. The Morgan fingerprint density at radius 3 is 2.25 bits per heavy atom. The van der Waals surface area contributed by atoms with E-state index in [1.54, 1.807) is 0 Å². The molecule has 0 amide bonds. The molecule has 0 radical (unpaired) electrons. The monoisotopic (exact) mass is 386 g/mol. The molecule has 3 rings (SSSR count). The van der Waals surface area contributed by atoms with E-state index < -0.39 is 0 Å². The van der Waals surface area contributed by atoms with Crippen molar-refractivity contribution < 1.29 is 5.11 Å². The van der Waals surface area contributed by atoms with Crippen LogP contribution in [-0.4, -0.2) is 48.2 Å². The largest absolute Gasteiger partial charge is 0.393 e. The van der Waals surface area contributed by atoms with Crippen LogP contribution < -0.4 is 10.6 Å². The van der Waals surface area contributed by atoms with Gasteiger partial charge in [-0.05, 0) is 55.1 Å². The minimum Gasteiger partial charge on any atom is -0.393 e. The number of hydrogen-bond donors (Lipinski definition) is 3. The van der Waals surface area contributed by atoms with Gasteiger partial charge in [0, 0.05) is 39.3 Å². The molecule has 1 aliphatic heterocycles. The summed E-state index contributed by atoms with van der Waals surface area (Å²) in [6.45, 7) is 8.45. The summed E-state index contributed by atoms with van der Waals surface area (Å²) >= 11 is 0. The summed E-state index contributed by atoms with van der Waals surface area (Å²) in [5.41, 5.74) is 2.61. The number of likely N-dealkylation sites (tertiary alicyclic amines) is 1. The van der Waals surface area contributed by atoms with E-state index in [-0.39, 0.29) is 6.10 Å². The fourth-order valence-corrected chi connectivity index (χ4v) is 4.74. The third kappa shape index (κ3) is 6.49. The van der Waals surface area contributed by atoms with Crippen molar-refractivity contribution >= 4 is 5.96 Å². The molecular formula is C23H38N4O. The topological polar surface area (TPSA) is 59.9 Å². The van der Waals surface area contributed by atoms with E-state index in [1.165, 1.54) is 30.4 Å². The molecule has 1 heterocycles. The SMILES string of the molecule is CN=C(NCc1ccc(CN2CCC(O)CC2)cc1)NC1CC(C)CC(C)C1. The second kappa shape index (κ2) is 10.3. The zero-order valence-electron chi connectivity index (χ0n) is 17.8. The molecular weight excluding hydrogens is 348 g/mol. The Labute approximate surface area is 170 Å². The number of hydrogen-bond acceptors (Lipinski definition) is 3. The second-order valence-corrected chi connectivity index (χ2v) is 9.01. The van der Waals surface area contributed by atoms with Crippen molar-refractivity contribution in [3.8, 4) is 0 Å². The van der Waals surface area contributed by atoms with Crippen molar-refractivity contribution in [3.05, 3.63) is 35.4 Å². The van der Waals surface area contributed by atoms with Gasteiger partial charge >= 0.3 is 0 Å². The van der Waals surface area contributed by atoms with Crippen molar-refractivity contribution in [3.63, 3.8) is 0 Å². The van der Waals surface area contributed by atoms with Gasteiger partial charge in [0.15, 0.2) is 5.96 Å². The lowest BCUT2D eigenvalue weighted by molar-refractivity contribution is 0.0792. The molecule has 2 unspecified atom stereocenters. The lowest BCUT2D eigenvalue weighted by Gasteiger charge is -2.32. The molecule has 1 aromatic carbocycles. The third-order valence-corrected chi connectivity index (χ3v) is 6.19. The number of benzene rings is 1. The van der Waals surface area contributed by atoms with Gasteiger partial charge in [0.05, 0.1) is 6.10 Å². The van der Waals surface area contributed by atoms with Gasteiger partial charge in [0.2, 0.25) is 0 Å². The lowest BCUT2D eigenvalue weighted by Crippen LogP contribution is -2.45. The number of rotatable bonds is 5. The molecule has 156 valence electrons. The molecule has 1 saturated carbocycles. The standard InChI is InChI=1S/C23H38N4O/c1-17-12-18(2)14-21(13-17)26-23(24-3)25-15-19-4-6-20(7-5-19)16-27-10-8-22(28)9-11-27/h4-7,17-18,21-22,28H,8-16H2,1-3H3,(H2,24,25,26). The molecule has 2 fully saturated rings. The maximum absolute atomic E-state index is 9.63. The Balaban J connectivity index is 1.44. The van der Waals surface area contributed by atoms with Gasteiger partial charge in [-0.1, -0.05) is 38.1 Å². The van der Waals surface area contributed by atoms with Gasteiger partial charge in [0.25, 0.3) is 0 Å². The van der Waals surface area contributed by atoms with Crippen LogP contribution in [0.4, 0.5) is 0 Å². The molecule has 5 nitrogen and oxygen atoms in total. The summed E-state index contributed by atoms with van der Waals surface area (Å²) in [5, 5.41) is 16.7. The van der Waals surface area contributed by atoms with Crippen molar-refractivity contribution in [1.82, 2.24) is 15.5 Å². The van der Waals surface area contributed by atoms with E-state index in [4.69, 9.17) is 0 Å². The molecule has 0 spiro atoms. The summed E-state index contributed by atoms with van der Waals surface area (Å²) in [4.78, 5) is 6.84. The molecule has 2 atom stereocenters. The Kier molecular flexibility index (Phi) is 7.74. The first-order valence-electron chi connectivity index (χ1n) is 11.0.